The molecule has 6 heteroatoms. The molecule has 2 aromatic carbocycles. The molecule has 0 saturated heterocycles. The molecule has 1 heterocycles. The summed E-state index contributed by atoms with van der Waals surface area (Å²) in [7, 11) is 0. The number of anilines is 3. The molecule has 1 aromatic heterocycles. The number of aromatic nitrogens is 2. The highest BCUT2D eigenvalue weighted by molar-refractivity contribution is 6.03. The van der Waals surface area contributed by atoms with Crippen molar-refractivity contribution in [3.05, 3.63) is 71.0 Å². The van der Waals surface area contributed by atoms with Crippen LogP contribution in [0.25, 0.3) is 0 Å². The van der Waals surface area contributed by atoms with Crippen molar-refractivity contribution in [3.8, 4) is 5.75 Å². The van der Waals surface area contributed by atoms with Gasteiger partial charge in [0.15, 0.2) is 0 Å². The van der Waals surface area contributed by atoms with Gasteiger partial charge in [-0.2, -0.15) is 0 Å². The highest BCUT2D eigenvalue weighted by atomic mass is 16.5. The average molecular weight is 390 g/mol. The van der Waals surface area contributed by atoms with E-state index >= 15 is 0 Å². The number of rotatable bonds is 6. The molecular formula is C23H26N4O2. The van der Waals surface area contributed by atoms with E-state index in [0.717, 1.165) is 28.3 Å². The van der Waals surface area contributed by atoms with E-state index in [9.17, 15) is 4.79 Å². The molecule has 0 aliphatic carbocycles. The predicted octanol–water partition coefficient (Wildman–Crippen LogP) is 5.18. The second-order valence-corrected chi connectivity index (χ2v) is 7.31. The summed E-state index contributed by atoms with van der Waals surface area (Å²) in [5.74, 6) is 0.894. The third-order valence-electron chi connectivity index (χ3n) is 4.21. The summed E-state index contributed by atoms with van der Waals surface area (Å²) in [5, 5.41) is 6.08. The second kappa shape index (κ2) is 8.73. The van der Waals surface area contributed by atoms with Crippen LogP contribution in [0.4, 0.5) is 17.3 Å². The van der Waals surface area contributed by atoms with Crippen molar-refractivity contribution >= 4 is 23.2 Å². The number of carbonyl (C=O) groups excluding carboxylic acids is 1. The maximum atomic E-state index is 12.7. The van der Waals surface area contributed by atoms with Crippen LogP contribution in [0.15, 0.2) is 48.5 Å². The molecule has 0 bridgehead atoms. The number of hydrogen-bond donors (Lipinski definition) is 2. The monoisotopic (exact) mass is 390 g/mol. The van der Waals surface area contributed by atoms with E-state index in [4.69, 9.17) is 4.74 Å². The fraction of sp³-hybridized carbons (Fsp3) is 0.261. The molecule has 0 aliphatic heterocycles. The molecular weight excluding hydrogens is 364 g/mol. The van der Waals surface area contributed by atoms with Crippen LogP contribution in [0.1, 0.15) is 41.2 Å². The van der Waals surface area contributed by atoms with Gasteiger partial charge in [-0.25, -0.2) is 9.97 Å². The van der Waals surface area contributed by atoms with Crippen LogP contribution >= 0.6 is 0 Å². The minimum atomic E-state index is -0.270. The van der Waals surface area contributed by atoms with E-state index in [-0.39, 0.29) is 12.0 Å². The summed E-state index contributed by atoms with van der Waals surface area (Å²) in [4.78, 5) is 21.5. The molecule has 0 atom stereocenters. The van der Waals surface area contributed by atoms with Crippen LogP contribution in [-0.4, -0.2) is 22.0 Å². The van der Waals surface area contributed by atoms with Gasteiger partial charge in [0.1, 0.15) is 11.4 Å². The van der Waals surface area contributed by atoms with Crippen LogP contribution in [-0.2, 0) is 0 Å². The molecule has 0 radical (unpaired) electrons. The number of benzene rings is 2. The molecule has 0 unspecified atom stereocenters. The first kappa shape index (κ1) is 20.3. The Morgan fingerprint density at radius 2 is 1.69 bits per heavy atom. The fourth-order valence-corrected chi connectivity index (χ4v) is 2.82. The zero-order valence-electron chi connectivity index (χ0n) is 17.4. The Morgan fingerprint density at radius 3 is 2.38 bits per heavy atom. The van der Waals surface area contributed by atoms with Crippen LogP contribution in [0.5, 0.6) is 5.75 Å². The van der Waals surface area contributed by atoms with E-state index < -0.39 is 0 Å². The molecule has 0 aliphatic rings. The Kier molecular flexibility index (Phi) is 6.12. The Hall–Kier alpha value is -3.41. The number of aryl methyl sites for hydroxylation is 3. The molecule has 0 spiro atoms. The summed E-state index contributed by atoms with van der Waals surface area (Å²) in [6, 6.07) is 15.2. The summed E-state index contributed by atoms with van der Waals surface area (Å²) in [5.41, 5.74) is 4.68. The van der Waals surface area contributed by atoms with Gasteiger partial charge in [-0.3, -0.25) is 4.79 Å². The third kappa shape index (κ3) is 5.54. The summed E-state index contributed by atoms with van der Waals surface area (Å²) >= 11 is 0. The Morgan fingerprint density at radius 1 is 0.966 bits per heavy atom. The van der Waals surface area contributed by atoms with Crippen molar-refractivity contribution in [2.24, 2.45) is 0 Å². The second-order valence-electron chi connectivity index (χ2n) is 7.31. The summed E-state index contributed by atoms with van der Waals surface area (Å²) < 4.78 is 5.65. The van der Waals surface area contributed by atoms with E-state index in [1.807, 2.05) is 77.1 Å². The Labute approximate surface area is 171 Å². The zero-order chi connectivity index (χ0) is 21.0. The minimum Gasteiger partial charge on any atom is -0.491 e. The molecule has 1 amide bonds. The lowest BCUT2D eigenvalue weighted by Gasteiger charge is -2.12. The van der Waals surface area contributed by atoms with Crippen LogP contribution in [0.2, 0.25) is 0 Å². The van der Waals surface area contributed by atoms with Crippen molar-refractivity contribution in [1.29, 1.82) is 0 Å². The van der Waals surface area contributed by atoms with Crippen molar-refractivity contribution in [2.75, 3.05) is 10.6 Å². The highest BCUT2D eigenvalue weighted by Crippen LogP contribution is 2.21. The number of carbonyl (C=O) groups is 1. The number of ether oxygens (including phenoxy) is 1. The molecule has 0 saturated carbocycles. The number of nitrogens with zero attached hydrogens (tertiary/aromatic N) is 2. The van der Waals surface area contributed by atoms with Gasteiger partial charge in [-0.15, -0.1) is 0 Å². The lowest BCUT2D eigenvalue weighted by atomic mass is 10.1. The van der Waals surface area contributed by atoms with Crippen molar-refractivity contribution < 1.29 is 9.53 Å². The molecule has 0 fully saturated rings. The Balaban J connectivity index is 1.77. The van der Waals surface area contributed by atoms with E-state index in [1.165, 1.54) is 0 Å². The first-order chi connectivity index (χ1) is 13.8. The smallest absolute Gasteiger partial charge is 0.274 e. The molecule has 29 heavy (non-hydrogen) atoms. The van der Waals surface area contributed by atoms with E-state index in [2.05, 4.69) is 20.6 Å². The number of amides is 1. The van der Waals surface area contributed by atoms with Crippen molar-refractivity contribution in [2.45, 2.75) is 40.7 Å². The van der Waals surface area contributed by atoms with Gasteiger partial charge in [0, 0.05) is 17.1 Å². The lowest BCUT2D eigenvalue weighted by molar-refractivity contribution is 0.102. The molecule has 3 rings (SSSR count). The normalized spacial score (nSPS) is 10.7. The third-order valence-corrected chi connectivity index (χ3v) is 4.21. The fourth-order valence-electron chi connectivity index (χ4n) is 2.82. The predicted molar refractivity (Wildman–Crippen MR) is 116 cm³/mol. The van der Waals surface area contributed by atoms with Gasteiger partial charge in [0.2, 0.25) is 5.95 Å². The number of hydrogen-bond acceptors (Lipinski definition) is 5. The molecule has 6 nitrogen and oxygen atoms in total. The SMILES string of the molecule is Cc1ccc(C)c(NC(=O)c2cc(C)nc(Nc3ccc(OC(C)C)cc3)n2)c1. The summed E-state index contributed by atoms with van der Waals surface area (Å²) in [6.45, 7) is 9.75. The van der Waals surface area contributed by atoms with Crippen LogP contribution < -0.4 is 15.4 Å². The zero-order valence-corrected chi connectivity index (χ0v) is 17.4. The molecule has 3 aromatic rings. The van der Waals surface area contributed by atoms with E-state index in [1.54, 1.807) is 6.07 Å². The van der Waals surface area contributed by atoms with Crippen molar-refractivity contribution in [3.63, 3.8) is 0 Å². The topological polar surface area (TPSA) is 76.1 Å². The minimum absolute atomic E-state index is 0.118. The maximum absolute atomic E-state index is 12.7. The quantitative estimate of drug-likeness (QED) is 0.606. The Bertz CT molecular complexity index is 1010. The maximum Gasteiger partial charge on any atom is 0.274 e. The van der Waals surface area contributed by atoms with Crippen LogP contribution in [0.3, 0.4) is 0 Å². The standard InChI is InChI=1S/C23H26N4O2/c1-14(2)29-19-10-8-18(9-11-19)25-23-24-17(5)13-21(27-23)22(28)26-20-12-15(3)6-7-16(20)4/h6-14H,1-5H3,(H,26,28)(H,24,25,27). The molecule has 2 N–H and O–H groups in total. The highest BCUT2D eigenvalue weighted by Gasteiger charge is 2.12. The number of nitrogens with one attached hydrogen (secondary N) is 2. The van der Waals surface area contributed by atoms with Gasteiger partial charge in [-0.1, -0.05) is 12.1 Å². The summed E-state index contributed by atoms with van der Waals surface area (Å²) in [6.07, 6.45) is 0.118. The van der Waals surface area contributed by atoms with Gasteiger partial charge >= 0.3 is 0 Å². The van der Waals surface area contributed by atoms with Crippen LogP contribution in [0, 0.1) is 20.8 Å². The van der Waals surface area contributed by atoms with Gasteiger partial charge in [0.05, 0.1) is 6.10 Å². The van der Waals surface area contributed by atoms with Gasteiger partial charge in [0.25, 0.3) is 5.91 Å². The average Bonchev–Trinajstić information content (AvgIpc) is 2.65. The molecule has 150 valence electrons. The largest absolute Gasteiger partial charge is 0.491 e. The van der Waals surface area contributed by atoms with E-state index in [0.29, 0.717) is 17.3 Å². The first-order valence-corrected chi connectivity index (χ1v) is 9.58. The van der Waals surface area contributed by atoms with Crippen molar-refractivity contribution in [1.82, 2.24) is 9.97 Å². The van der Waals surface area contributed by atoms with Gasteiger partial charge in [-0.05, 0) is 82.1 Å². The van der Waals surface area contributed by atoms with Gasteiger partial charge < -0.3 is 15.4 Å². The first-order valence-electron chi connectivity index (χ1n) is 9.58. The lowest BCUT2D eigenvalue weighted by Crippen LogP contribution is -2.16.